The summed E-state index contributed by atoms with van der Waals surface area (Å²) in [5.41, 5.74) is -0.0471. The lowest BCUT2D eigenvalue weighted by molar-refractivity contribution is 0.0422. The summed E-state index contributed by atoms with van der Waals surface area (Å²) in [6, 6.07) is 8.66. The van der Waals surface area contributed by atoms with Gasteiger partial charge in [0.15, 0.2) is 0 Å². The lowest BCUT2D eigenvalue weighted by Crippen LogP contribution is -2.40. The Morgan fingerprint density at radius 1 is 1.24 bits per heavy atom. The SMILES string of the molecule is C[C@H](NC(=O)OC(C)(C)C)OS(=O)(=O)Cc1ccccc1. The summed E-state index contributed by atoms with van der Waals surface area (Å²) in [6.45, 7) is 6.56. The van der Waals surface area contributed by atoms with E-state index in [4.69, 9.17) is 8.92 Å². The van der Waals surface area contributed by atoms with Crippen molar-refractivity contribution in [2.24, 2.45) is 0 Å². The highest BCUT2D eigenvalue weighted by Gasteiger charge is 2.21. The fraction of sp³-hybridized carbons (Fsp3) is 0.500. The zero-order valence-electron chi connectivity index (χ0n) is 12.6. The molecule has 0 bridgehead atoms. The predicted octanol–water partition coefficient (Wildman–Crippen LogP) is 2.40. The van der Waals surface area contributed by atoms with Crippen LogP contribution in [0.3, 0.4) is 0 Å². The van der Waals surface area contributed by atoms with Crippen molar-refractivity contribution in [3.8, 4) is 0 Å². The van der Waals surface area contributed by atoms with Crippen LogP contribution in [-0.4, -0.2) is 26.3 Å². The van der Waals surface area contributed by atoms with Crippen molar-refractivity contribution in [2.45, 2.75) is 45.3 Å². The van der Waals surface area contributed by atoms with Crippen molar-refractivity contribution >= 4 is 16.2 Å². The number of carbonyl (C=O) groups is 1. The van der Waals surface area contributed by atoms with Crippen LogP contribution in [0.25, 0.3) is 0 Å². The number of ether oxygens (including phenoxy) is 1. The number of benzene rings is 1. The van der Waals surface area contributed by atoms with E-state index in [9.17, 15) is 13.2 Å². The Labute approximate surface area is 125 Å². The summed E-state index contributed by atoms with van der Waals surface area (Å²) >= 11 is 0. The van der Waals surface area contributed by atoms with Crippen molar-refractivity contribution in [1.82, 2.24) is 5.32 Å². The molecule has 7 heteroatoms. The van der Waals surface area contributed by atoms with Crippen LogP contribution in [0.5, 0.6) is 0 Å². The molecule has 0 spiro atoms. The third-order valence-corrected chi connectivity index (χ3v) is 3.47. The minimum Gasteiger partial charge on any atom is -0.444 e. The molecule has 1 aromatic rings. The molecule has 1 atom stereocenters. The van der Waals surface area contributed by atoms with Gasteiger partial charge in [0.05, 0.1) is 0 Å². The molecule has 1 rings (SSSR count). The number of alkyl carbamates (subject to hydrolysis) is 1. The fourth-order valence-corrected chi connectivity index (χ4v) is 2.69. The highest BCUT2D eigenvalue weighted by molar-refractivity contribution is 7.85. The zero-order chi connectivity index (χ0) is 16.1. The Bertz CT molecular complexity index is 563. The minimum atomic E-state index is -3.79. The summed E-state index contributed by atoms with van der Waals surface area (Å²) in [5, 5.41) is 2.32. The average Bonchev–Trinajstić information content (AvgIpc) is 2.25. The Hall–Kier alpha value is -1.60. The molecular weight excluding hydrogens is 294 g/mol. The second kappa shape index (κ2) is 6.91. The third kappa shape index (κ3) is 7.67. The average molecular weight is 315 g/mol. The maximum absolute atomic E-state index is 11.9. The topological polar surface area (TPSA) is 81.7 Å². The summed E-state index contributed by atoms with van der Waals surface area (Å²) in [6.07, 6.45) is -1.74. The molecule has 0 aromatic heterocycles. The number of rotatable bonds is 5. The molecule has 0 aliphatic carbocycles. The number of amides is 1. The molecule has 0 radical (unpaired) electrons. The lowest BCUT2D eigenvalue weighted by atomic mass is 10.2. The van der Waals surface area contributed by atoms with Gasteiger partial charge in [-0.2, -0.15) is 8.42 Å². The molecule has 1 amide bonds. The van der Waals surface area contributed by atoms with Gasteiger partial charge < -0.3 is 4.74 Å². The predicted molar refractivity (Wildman–Crippen MR) is 79.0 cm³/mol. The highest BCUT2D eigenvalue weighted by Crippen LogP contribution is 2.10. The van der Waals surface area contributed by atoms with Gasteiger partial charge in [-0.15, -0.1) is 0 Å². The first kappa shape index (κ1) is 17.5. The van der Waals surface area contributed by atoms with Gasteiger partial charge in [-0.25, -0.2) is 8.98 Å². The quantitative estimate of drug-likeness (QED) is 0.666. The number of hydrogen-bond donors (Lipinski definition) is 1. The van der Waals surface area contributed by atoms with E-state index in [-0.39, 0.29) is 5.75 Å². The highest BCUT2D eigenvalue weighted by atomic mass is 32.2. The van der Waals surface area contributed by atoms with E-state index < -0.39 is 28.0 Å². The lowest BCUT2D eigenvalue weighted by Gasteiger charge is -2.21. The standard InChI is InChI=1S/C14H21NO5S/c1-11(15-13(16)19-14(2,3)4)20-21(17,18)10-12-8-6-5-7-9-12/h5-9,11H,10H2,1-4H3,(H,15,16)/t11-/m1/s1. The molecule has 6 nitrogen and oxygen atoms in total. The first-order chi connectivity index (χ1) is 9.57. The molecule has 0 fully saturated rings. The van der Waals surface area contributed by atoms with E-state index in [0.29, 0.717) is 5.56 Å². The summed E-state index contributed by atoms with van der Waals surface area (Å²) in [4.78, 5) is 11.5. The van der Waals surface area contributed by atoms with Crippen molar-refractivity contribution in [2.75, 3.05) is 0 Å². The van der Waals surface area contributed by atoms with Crippen LogP contribution < -0.4 is 5.32 Å². The number of hydrogen-bond acceptors (Lipinski definition) is 5. The van der Waals surface area contributed by atoms with E-state index in [0.717, 1.165) is 0 Å². The van der Waals surface area contributed by atoms with Crippen LogP contribution >= 0.6 is 0 Å². The minimum absolute atomic E-state index is 0.256. The molecule has 0 aliphatic heterocycles. The molecule has 1 N–H and O–H groups in total. The Morgan fingerprint density at radius 2 is 1.81 bits per heavy atom. The molecular formula is C14H21NO5S. The maximum Gasteiger partial charge on any atom is 0.409 e. The van der Waals surface area contributed by atoms with Gasteiger partial charge >= 0.3 is 6.09 Å². The van der Waals surface area contributed by atoms with Gasteiger partial charge in [0.2, 0.25) is 0 Å². The maximum atomic E-state index is 11.9. The van der Waals surface area contributed by atoms with E-state index in [2.05, 4.69) is 5.32 Å². The van der Waals surface area contributed by atoms with Gasteiger partial charge in [0, 0.05) is 0 Å². The molecule has 1 aromatic carbocycles. The zero-order valence-corrected chi connectivity index (χ0v) is 13.4. The Balaban J connectivity index is 2.53. The first-order valence-corrected chi connectivity index (χ1v) is 8.09. The molecule has 0 heterocycles. The Kier molecular flexibility index (Phi) is 5.74. The summed E-state index contributed by atoms with van der Waals surface area (Å²) in [5.74, 6) is -0.256. The second-order valence-corrected chi connectivity index (χ2v) is 7.17. The van der Waals surface area contributed by atoms with Gasteiger partial charge in [-0.1, -0.05) is 30.3 Å². The largest absolute Gasteiger partial charge is 0.444 e. The van der Waals surface area contributed by atoms with Crippen molar-refractivity contribution < 1.29 is 22.1 Å². The van der Waals surface area contributed by atoms with Crippen LogP contribution in [0.4, 0.5) is 4.79 Å². The van der Waals surface area contributed by atoms with Crippen molar-refractivity contribution in [3.63, 3.8) is 0 Å². The molecule has 0 aliphatic rings. The number of nitrogens with one attached hydrogen (secondary N) is 1. The Morgan fingerprint density at radius 3 is 2.33 bits per heavy atom. The van der Waals surface area contributed by atoms with Gasteiger partial charge in [-0.3, -0.25) is 5.32 Å². The summed E-state index contributed by atoms with van der Waals surface area (Å²) < 4.78 is 33.6. The van der Waals surface area contributed by atoms with Gasteiger partial charge in [-0.05, 0) is 33.3 Å². The van der Waals surface area contributed by atoms with Crippen LogP contribution in [0.2, 0.25) is 0 Å². The second-order valence-electron chi connectivity index (χ2n) is 5.57. The van der Waals surface area contributed by atoms with E-state index in [1.807, 2.05) is 0 Å². The molecule has 0 saturated heterocycles. The fourth-order valence-electron chi connectivity index (χ4n) is 1.53. The van der Waals surface area contributed by atoms with E-state index >= 15 is 0 Å². The van der Waals surface area contributed by atoms with Crippen LogP contribution in [0.1, 0.15) is 33.3 Å². The molecule has 118 valence electrons. The molecule has 0 saturated carbocycles. The molecule has 0 unspecified atom stereocenters. The first-order valence-electron chi connectivity index (χ1n) is 6.52. The number of carbonyl (C=O) groups excluding carboxylic acids is 1. The monoisotopic (exact) mass is 315 g/mol. The van der Waals surface area contributed by atoms with Crippen molar-refractivity contribution in [1.29, 1.82) is 0 Å². The smallest absolute Gasteiger partial charge is 0.409 e. The molecule has 21 heavy (non-hydrogen) atoms. The van der Waals surface area contributed by atoms with Gasteiger partial charge in [0.1, 0.15) is 17.6 Å². The van der Waals surface area contributed by atoms with Crippen LogP contribution in [0, 0.1) is 0 Å². The van der Waals surface area contributed by atoms with Crippen molar-refractivity contribution in [3.05, 3.63) is 35.9 Å². The summed E-state index contributed by atoms with van der Waals surface area (Å²) in [7, 11) is -3.79. The normalized spacial score (nSPS) is 13.5. The third-order valence-electron chi connectivity index (χ3n) is 2.20. The van der Waals surface area contributed by atoms with Crippen LogP contribution in [0.15, 0.2) is 30.3 Å². The van der Waals surface area contributed by atoms with Gasteiger partial charge in [0.25, 0.3) is 10.1 Å². The van der Waals surface area contributed by atoms with Crippen LogP contribution in [-0.2, 0) is 24.8 Å². The van der Waals surface area contributed by atoms with E-state index in [1.165, 1.54) is 6.92 Å². The van der Waals surface area contributed by atoms with E-state index in [1.54, 1.807) is 51.1 Å².